The number of rotatable bonds is 2. The van der Waals surface area contributed by atoms with E-state index in [2.05, 4.69) is 22.4 Å². The quantitative estimate of drug-likeness (QED) is 0.744. The maximum Gasteiger partial charge on any atom is 0.269 e. The number of aromatic nitrogens is 2. The second kappa shape index (κ2) is 3.82. The van der Waals surface area contributed by atoms with Crippen LogP contribution in [0.1, 0.15) is 36.7 Å². The van der Waals surface area contributed by atoms with Crippen LogP contribution in [0.3, 0.4) is 0 Å². The van der Waals surface area contributed by atoms with Gasteiger partial charge >= 0.3 is 0 Å². The molecule has 0 spiro atoms. The minimum Gasteiger partial charge on any atom is -0.348 e. The number of nitrogens with one attached hydrogen (secondary N) is 2. The van der Waals surface area contributed by atoms with E-state index in [4.69, 9.17) is 0 Å². The molecule has 0 aromatic carbocycles. The van der Waals surface area contributed by atoms with Crippen LogP contribution in [0.15, 0.2) is 12.3 Å². The molecule has 4 nitrogen and oxygen atoms in total. The Labute approximate surface area is 83.1 Å². The Kier molecular flexibility index (Phi) is 2.52. The van der Waals surface area contributed by atoms with Crippen LogP contribution in [-0.2, 0) is 0 Å². The molecule has 0 bridgehead atoms. The van der Waals surface area contributed by atoms with Crippen molar-refractivity contribution in [3.8, 4) is 0 Å². The molecule has 0 saturated heterocycles. The van der Waals surface area contributed by atoms with Crippen molar-refractivity contribution in [3.63, 3.8) is 0 Å². The summed E-state index contributed by atoms with van der Waals surface area (Å²) in [5, 5.41) is 9.41. The van der Waals surface area contributed by atoms with E-state index in [0.29, 0.717) is 11.7 Å². The maximum absolute atomic E-state index is 11.6. The van der Waals surface area contributed by atoms with Crippen LogP contribution in [0.25, 0.3) is 0 Å². The molecule has 2 rings (SSSR count). The van der Waals surface area contributed by atoms with Crippen molar-refractivity contribution >= 4 is 5.91 Å². The van der Waals surface area contributed by atoms with E-state index < -0.39 is 0 Å². The molecular weight excluding hydrogens is 178 g/mol. The lowest BCUT2D eigenvalue weighted by Gasteiger charge is -2.10. The van der Waals surface area contributed by atoms with Gasteiger partial charge in [0.15, 0.2) is 0 Å². The molecular formula is C10H15N3O. The summed E-state index contributed by atoms with van der Waals surface area (Å²) in [4.78, 5) is 11.6. The first kappa shape index (κ1) is 9.24. The van der Waals surface area contributed by atoms with Gasteiger partial charge in [0.05, 0.1) is 0 Å². The number of carbonyl (C=O) groups excluding carboxylic acids is 1. The SMILES string of the molecule is CC1CCC(NC(=O)c2ccn[nH]2)C1. The van der Waals surface area contributed by atoms with Gasteiger partial charge in [-0.25, -0.2) is 0 Å². The molecule has 1 aliphatic rings. The van der Waals surface area contributed by atoms with E-state index in [9.17, 15) is 4.79 Å². The van der Waals surface area contributed by atoms with Crippen LogP contribution in [0.4, 0.5) is 0 Å². The molecule has 1 amide bonds. The fourth-order valence-electron chi connectivity index (χ4n) is 1.98. The number of hydrogen-bond donors (Lipinski definition) is 2. The summed E-state index contributed by atoms with van der Waals surface area (Å²) >= 11 is 0. The average molecular weight is 193 g/mol. The lowest BCUT2D eigenvalue weighted by Crippen LogP contribution is -2.33. The van der Waals surface area contributed by atoms with Crippen LogP contribution in [0.2, 0.25) is 0 Å². The number of carbonyl (C=O) groups is 1. The molecule has 2 N–H and O–H groups in total. The predicted molar refractivity (Wildman–Crippen MR) is 52.9 cm³/mol. The van der Waals surface area contributed by atoms with Crippen molar-refractivity contribution in [2.75, 3.05) is 0 Å². The number of aromatic amines is 1. The summed E-state index contributed by atoms with van der Waals surface area (Å²) in [6.07, 6.45) is 5.00. The average Bonchev–Trinajstić information content (AvgIpc) is 2.75. The lowest BCUT2D eigenvalue weighted by molar-refractivity contribution is 0.0932. The van der Waals surface area contributed by atoms with Crippen LogP contribution in [-0.4, -0.2) is 22.1 Å². The Morgan fingerprint density at radius 1 is 1.64 bits per heavy atom. The minimum absolute atomic E-state index is 0.0402. The smallest absolute Gasteiger partial charge is 0.269 e. The van der Waals surface area contributed by atoms with Gasteiger partial charge in [-0.15, -0.1) is 0 Å². The minimum atomic E-state index is -0.0402. The van der Waals surface area contributed by atoms with Crippen molar-refractivity contribution in [2.45, 2.75) is 32.2 Å². The normalized spacial score (nSPS) is 26.4. The van der Waals surface area contributed by atoms with Gasteiger partial charge in [0.25, 0.3) is 5.91 Å². The monoisotopic (exact) mass is 193 g/mol. The Bertz CT molecular complexity index is 307. The molecule has 1 saturated carbocycles. The zero-order chi connectivity index (χ0) is 9.97. The topological polar surface area (TPSA) is 57.8 Å². The molecule has 0 aliphatic heterocycles. The van der Waals surface area contributed by atoms with Gasteiger partial charge in [-0.3, -0.25) is 9.89 Å². The van der Waals surface area contributed by atoms with Gasteiger partial charge in [-0.1, -0.05) is 6.92 Å². The summed E-state index contributed by atoms with van der Waals surface area (Å²) in [7, 11) is 0. The van der Waals surface area contributed by atoms with Crippen LogP contribution in [0, 0.1) is 5.92 Å². The molecule has 1 heterocycles. The highest BCUT2D eigenvalue weighted by Crippen LogP contribution is 2.24. The molecule has 4 heteroatoms. The van der Waals surface area contributed by atoms with Gasteiger partial charge in [0.2, 0.25) is 0 Å². The third kappa shape index (κ3) is 1.95. The molecule has 1 fully saturated rings. The second-order valence-corrected chi connectivity index (χ2v) is 4.06. The van der Waals surface area contributed by atoms with Crippen LogP contribution < -0.4 is 5.32 Å². The van der Waals surface area contributed by atoms with Crippen molar-refractivity contribution in [1.29, 1.82) is 0 Å². The van der Waals surface area contributed by atoms with Crippen LogP contribution >= 0.6 is 0 Å². The van der Waals surface area contributed by atoms with E-state index in [1.807, 2.05) is 0 Å². The van der Waals surface area contributed by atoms with Crippen molar-refractivity contribution in [2.24, 2.45) is 5.92 Å². The van der Waals surface area contributed by atoms with Gasteiger partial charge in [-0.05, 0) is 31.2 Å². The zero-order valence-electron chi connectivity index (χ0n) is 8.29. The summed E-state index contributed by atoms with van der Waals surface area (Å²) in [5.74, 6) is 0.698. The highest BCUT2D eigenvalue weighted by Gasteiger charge is 2.23. The highest BCUT2D eigenvalue weighted by atomic mass is 16.2. The van der Waals surface area contributed by atoms with Crippen molar-refractivity contribution in [1.82, 2.24) is 15.5 Å². The molecule has 76 valence electrons. The standard InChI is InChI=1S/C10H15N3O/c1-7-2-3-8(6-7)12-10(14)9-4-5-11-13-9/h4-5,7-8H,2-3,6H2,1H3,(H,11,13)(H,12,14). The Morgan fingerprint density at radius 2 is 2.50 bits per heavy atom. The fraction of sp³-hybridized carbons (Fsp3) is 0.600. The van der Waals surface area contributed by atoms with E-state index >= 15 is 0 Å². The number of hydrogen-bond acceptors (Lipinski definition) is 2. The third-order valence-electron chi connectivity index (χ3n) is 2.78. The third-order valence-corrected chi connectivity index (χ3v) is 2.78. The largest absolute Gasteiger partial charge is 0.348 e. The molecule has 1 aliphatic carbocycles. The van der Waals surface area contributed by atoms with E-state index in [1.54, 1.807) is 12.3 Å². The first-order chi connectivity index (χ1) is 6.75. The number of H-pyrrole nitrogens is 1. The highest BCUT2D eigenvalue weighted by molar-refractivity contribution is 5.92. The summed E-state index contributed by atoms with van der Waals surface area (Å²) in [5.41, 5.74) is 0.546. The van der Waals surface area contributed by atoms with E-state index in [-0.39, 0.29) is 5.91 Å². The summed E-state index contributed by atoms with van der Waals surface area (Å²) < 4.78 is 0. The fourth-order valence-corrected chi connectivity index (χ4v) is 1.98. The Balaban J connectivity index is 1.89. The predicted octanol–water partition coefficient (Wildman–Crippen LogP) is 1.33. The van der Waals surface area contributed by atoms with E-state index in [0.717, 1.165) is 18.8 Å². The first-order valence-electron chi connectivity index (χ1n) is 5.06. The summed E-state index contributed by atoms with van der Waals surface area (Å²) in [6.45, 7) is 2.22. The zero-order valence-corrected chi connectivity index (χ0v) is 8.29. The van der Waals surface area contributed by atoms with Crippen LogP contribution in [0.5, 0.6) is 0 Å². The molecule has 1 aromatic heterocycles. The van der Waals surface area contributed by atoms with Gasteiger partial charge in [0.1, 0.15) is 5.69 Å². The van der Waals surface area contributed by atoms with Crippen molar-refractivity contribution < 1.29 is 4.79 Å². The maximum atomic E-state index is 11.6. The Morgan fingerprint density at radius 3 is 3.07 bits per heavy atom. The lowest BCUT2D eigenvalue weighted by atomic mass is 10.1. The number of amides is 1. The molecule has 1 aromatic rings. The Hall–Kier alpha value is -1.32. The van der Waals surface area contributed by atoms with Crippen molar-refractivity contribution in [3.05, 3.63) is 18.0 Å². The molecule has 0 radical (unpaired) electrons. The second-order valence-electron chi connectivity index (χ2n) is 4.06. The van der Waals surface area contributed by atoms with E-state index in [1.165, 1.54) is 6.42 Å². The molecule has 14 heavy (non-hydrogen) atoms. The number of nitrogens with zero attached hydrogens (tertiary/aromatic N) is 1. The van der Waals surface area contributed by atoms with Gasteiger partial charge < -0.3 is 5.32 Å². The van der Waals surface area contributed by atoms with Gasteiger partial charge in [-0.2, -0.15) is 5.10 Å². The van der Waals surface area contributed by atoms with Gasteiger partial charge in [0, 0.05) is 12.2 Å². The molecule has 2 unspecified atom stereocenters. The molecule has 2 atom stereocenters. The summed E-state index contributed by atoms with van der Waals surface area (Å²) in [6, 6.07) is 2.04. The first-order valence-corrected chi connectivity index (χ1v) is 5.06.